The van der Waals surface area contributed by atoms with E-state index in [2.05, 4.69) is 15.6 Å². The van der Waals surface area contributed by atoms with Crippen LogP contribution in [0.25, 0.3) is 10.9 Å². The number of ether oxygens (including phenoxy) is 1. The fourth-order valence-electron chi connectivity index (χ4n) is 3.93. The number of rotatable bonds is 7. The number of pyridine rings is 1. The third-order valence-electron chi connectivity index (χ3n) is 5.60. The molecule has 1 saturated carbocycles. The molecule has 2 N–H and O–H groups in total. The topological polar surface area (TPSA) is 80.3 Å². The Bertz CT molecular complexity index is 1190. The number of hydrogen-bond acceptors (Lipinski definition) is 4. The first-order valence-corrected chi connectivity index (χ1v) is 11.3. The highest BCUT2D eigenvalue weighted by molar-refractivity contribution is 6.31. The summed E-state index contributed by atoms with van der Waals surface area (Å²) in [4.78, 5) is 29.1. The van der Waals surface area contributed by atoms with E-state index in [4.69, 9.17) is 27.9 Å². The van der Waals surface area contributed by atoms with Crippen molar-refractivity contribution in [3.63, 3.8) is 0 Å². The first-order chi connectivity index (χ1) is 15.9. The summed E-state index contributed by atoms with van der Waals surface area (Å²) in [5.41, 5.74) is 1.06. The van der Waals surface area contributed by atoms with Gasteiger partial charge in [-0.2, -0.15) is 0 Å². The van der Waals surface area contributed by atoms with Crippen LogP contribution in [0.15, 0.2) is 48.5 Å². The van der Waals surface area contributed by atoms with E-state index >= 15 is 0 Å². The van der Waals surface area contributed by atoms with Crippen molar-refractivity contribution in [2.75, 3.05) is 13.2 Å². The van der Waals surface area contributed by atoms with Crippen LogP contribution in [0, 0.1) is 11.7 Å². The Morgan fingerprint density at radius 3 is 2.76 bits per heavy atom. The van der Waals surface area contributed by atoms with Crippen LogP contribution in [0.4, 0.5) is 4.39 Å². The molecule has 3 aromatic rings. The molecular formula is C24H22Cl2FN3O3. The summed E-state index contributed by atoms with van der Waals surface area (Å²) < 4.78 is 18.8. The van der Waals surface area contributed by atoms with Crippen molar-refractivity contribution >= 4 is 45.9 Å². The van der Waals surface area contributed by atoms with Gasteiger partial charge in [0.15, 0.2) is 6.61 Å². The predicted molar refractivity (Wildman–Crippen MR) is 125 cm³/mol. The maximum Gasteiger partial charge on any atom is 0.269 e. The highest BCUT2D eigenvalue weighted by Gasteiger charge is 2.26. The Morgan fingerprint density at radius 1 is 1.09 bits per heavy atom. The van der Waals surface area contributed by atoms with E-state index in [0.29, 0.717) is 22.8 Å². The largest absolute Gasteiger partial charge is 0.484 e. The molecule has 2 unspecified atom stereocenters. The van der Waals surface area contributed by atoms with Crippen molar-refractivity contribution in [1.29, 1.82) is 0 Å². The van der Waals surface area contributed by atoms with Gasteiger partial charge < -0.3 is 15.4 Å². The summed E-state index contributed by atoms with van der Waals surface area (Å²) in [6.07, 6.45) is 2.46. The molecule has 0 radical (unpaired) electrons. The van der Waals surface area contributed by atoms with Crippen LogP contribution in [0.3, 0.4) is 0 Å². The van der Waals surface area contributed by atoms with E-state index in [1.54, 1.807) is 24.3 Å². The van der Waals surface area contributed by atoms with Gasteiger partial charge in [0.1, 0.15) is 17.3 Å². The van der Waals surface area contributed by atoms with Crippen molar-refractivity contribution in [1.82, 2.24) is 15.6 Å². The van der Waals surface area contributed by atoms with Gasteiger partial charge in [-0.1, -0.05) is 29.3 Å². The maximum atomic E-state index is 13.4. The molecule has 9 heteroatoms. The lowest BCUT2D eigenvalue weighted by Gasteiger charge is -2.14. The fourth-order valence-corrected chi connectivity index (χ4v) is 4.22. The minimum atomic E-state index is -0.599. The summed E-state index contributed by atoms with van der Waals surface area (Å²) in [5, 5.41) is 7.36. The zero-order valence-corrected chi connectivity index (χ0v) is 19.1. The lowest BCUT2D eigenvalue weighted by Crippen LogP contribution is -2.37. The fraction of sp³-hybridized carbons (Fsp3) is 0.292. The van der Waals surface area contributed by atoms with E-state index < -0.39 is 5.82 Å². The summed E-state index contributed by atoms with van der Waals surface area (Å²) in [7, 11) is 0. The lowest BCUT2D eigenvalue weighted by molar-refractivity contribution is -0.123. The summed E-state index contributed by atoms with van der Waals surface area (Å²) in [5.74, 6) is -0.615. The number of benzene rings is 2. The average Bonchev–Trinajstić information content (AvgIpc) is 3.25. The van der Waals surface area contributed by atoms with Crippen LogP contribution in [-0.2, 0) is 4.79 Å². The first kappa shape index (κ1) is 23.3. The molecule has 2 amide bonds. The smallest absolute Gasteiger partial charge is 0.269 e. The minimum Gasteiger partial charge on any atom is -0.484 e. The van der Waals surface area contributed by atoms with Gasteiger partial charge in [-0.05, 0) is 61.6 Å². The highest BCUT2D eigenvalue weighted by Crippen LogP contribution is 2.25. The Labute approximate surface area is 200 Å². The Balaban J connectivity index is 1.21. The molecule has 1 fully saturated rings. The number of fused-ring (bicyclic) bond motifs is 1. The number of carbonyl (C=O) groups is 2. The standard InChI is InChI=1S/C24H22Cl2FN3O3/c25-16-3-8-21-15(10-16)2-7-22(30-21)24(32)28-12-14-1-4-17(9-14)29-23(31)13-33-18-5-6-19(26)20(27)11-18/h2-3,5-8,10-11,14,17H,1,4,9,12-13H2,(H,28,32)(H,29,31). The van der Waals surface area contributed by atoms with Gasteiger partial charge in [0.2, 0.25) is 0 Å². The summed E-state index contributed by atoms with van der Waals surface area (Å²) >= 11 is 11.6. The van der Waals surface area contributed by atoms with E-state index in [1.165, 1.54) is 12.1 Å². The third kappa shape index (κ3) is 6.12. The van der Waals surface area contributed by atoms with Gasteiger partial charge >= 0.3 is 0 Å². The van der Waals surface area contributed by atoms with Crippen LogP contribution in [-0.4, -0.2) is 36.0 Å². The zero-order chi connectivity index (χ0) is 23.4. The number of nitrogens with one attached hydrogen (secondary N) is 2. The van der Waals surface area contributed by atoms with Crippen molar-refractivity contribution in [3.05, 3.63) is 70.1 Å². The monoisotopic (exact) mass is 489 g/mol. The zero-order valence-electron chi connectivity index (χ0n) is 17.6. The second-order valence-corrected chi connectivity index (χ2v) is 8.90. The Morgan fingerprint density at radius 2 is 1.94 bits per heavy atom. The van der Waals surface area contributed by atoms with Gasteiger partial charge in [0, 0.05) is 29.1 Å². The number of nitrogens with zero attached hydrogens (tertiary/aromatic N) is 1. The summed E-state index contributed by atoms with van der Waals surface area (Å²) in [6.45, 7) is 0.296. The van der Waals surface area contributed by atoms with Gasteiger partial charge in [0.25, 0.3) is 11.8 Å². The Hall–Kier alpha value is -2.90. The minimum absolute atomic E-state index is 0.00259. The number of carbonyl (C=O) groups excluding carboxylic acids is 2. The molecule has 2 aromatic carbocycles. The molecule has 6 nitrogen and oxygen atoms in total. The molecule has 0 bridgehead atoms. The number of hydrogen-bond donors (Lipinski definition) is 2. The normalized spacial score (nSPS) is 17.7. The second-order valence-electron chi connectivity index (χ2n) is 8.05. The van der Waals surface area contributed by atoms with Crippen molar-refractivity contribution in [2.45, 2.75) is 25.3 Å². The molecule has 2 atom stereocenters. The molecule has 4 rings (SSSR count). The quantitative estimate of drug-likeness (QED) is 0.500. The number of amides is 2. The predicted octanol–water partition coefficient (Wildman–Crippen LogP) is 4.77. The first-order valence-electron chi connectivity index (χ1n) is 10.6. The van der Waals surface area contributed by atoms with Crippen LogP contribution in [0.1, 0.15) is 29.8 Å². The SMILES string of the molecule is O=C(COc1ccc(Cl)c(F)c1)NC1CCC(CNC(=O)c2ccc3cc(Cl)ccc3n2)C1. The van der Waals surface area contributed by atoms with Crippen LogP contribution >= 0.6 is 23.2 Å². The van der Waals surface area contributed by atoms with E-state index in [0.717, 1.165) is 30.7 Å². The molecule has 33 heavy (non-hydrogen) atoms. The van der Waals surface area contributed by atoms with Gasteiger partial charge in [0.05, 0.1) is 10.5 Å². The van der Waals surface area contributed by atoms with Crippen LogP contribution in [0.5, 0.6) is 5.75 Å². The van der Waals surface area contributed by atoms with E-state index in [1.807, 2.05) is 6.07 Å². The van der Waals surface area contributed by atoms with E-state index in [9.17, 15) is 14.0 Å². The van der Waals surface area contributed by atoms with Crippen molar-refractivity contribution in [3.8, 4) is 5.75 Å². The lowest BCUT2D eigenvalue weighted by atomic mass is 10.1. The number of halogens is 3. The molecule has 0 aliphatic heterocycles. The number of aromatic nitrogens is 1. The molecular weight excluding hydrogens is 468 g/mol. The molecule has 1 aromatic heterocycles. The third-order valence-corrected chi connectivity index (χ3v) is 6.14. The van der Waals surface area contributed by atoms with Gasteiger partial charge in [-0.15, -0.1) is 0 Å². The molecule has 0 spiro atoms. The molecule has 1 aliphatic rings. The highest BCUT2D eigenvalue weighted by atomic mass is 35.5. The molecule has 0 saturated heterocycles. The molecule has 1 aliphatic carbocycles. The maximum absolute atomic E-state index is 13.4. The molecule has 172 valence electrons. The van der Waals surface area contributed by atoms with Crippen LogP contribution < -0.4 is 15.4 Å². The Kier molecular flexibility index (Phi) is 7.30. The summed E-state index contributed by atoms with van der Waals surface area (Å²) in [6, 6.07) is 12.9. The van der Waals surface area contributed by atoms with Crippen molar-refractivity contribution < 1.29 is 18.7 Å². The van der Waals surface area contributed by atoms with E-state index in [-0.39, 0.29) is 41.2 Å². The molecule has 1 heterocycles. The van der Waals surface area contributed by atoms with Gasteiger partial charge in [-0.25, -0.2) is 9.37 Å². The van der Waals surface area contributed by atoms with Crippen molar-refractivity contribution in [2.24, 2.45) is 5.92 Å². The van der Waals surface area contributed by atoms with Gasteiger partial charge in [-0.3, -0.25) is 9.59 Å². The average molecular weight is 490 g/mol. The second kappa shape index (κ2) is 10.4. The van der Waals surface area contributed by atoms with Crippen LogP contribution in [0.2, 0.25) is 10.0 Å².